The largest absolute Gasteiger partial charge is 0.463 e. The second kappa shape index (κ2) is 9.61. The average molecular weight is 484 g/mol. The summed E-state index contributed by atoms with van der Waals surface area (Å²) in [5.74, 6) is -0.415. The molecule has 170 valence electrons. The van der Waals surface area contributed by atoms with E-state index in [-0.39, 0.29) is 11.0 Å². The van der Waals surface area contributed by atoms with Gasteiger partial charge in [-0.3, -0.25) is 19.4 Å². The lowest BCUT2D eigenvalue weighted by Crippen LogP contribution is -2.40. The molecule has 0 unspecified atom stereocenters. The number of hydrogen-bond acceptors (Lipinski definition) is 7. The molecule has 0 atom stereocenters. The number of carbonyl (C=O) groups is 1. The summed E-state index contributed by atoms with van der Waals surface area (Å²) in [5.41, 5.74) is 0.866. The number of thiazole rings is 1. The van der Waals surface area contributed by atoms with Crippen LogP contribution in [0.3, 0.4) is 0 Å². The highest BCUT2D eigenvalue weighted by atomic mass is 35.5. The minimum atomic E-state index is -0.415. The Kier molecular flexibility index (Phi) is 6.41. The summed E-state index contributed by atoms with van der Waals surface area (Å²) in [6.07, 6.45) is 1.99. The third kappa shape index (κ3) is 4.65. The number of aromatic nitrogens is 1. The summed E-state index contributed by atoms with van der Waals surface area (Å²) in [5, 5.41) is 1.53. The van der Waals surface area contributed by atoms with Crippen LogP contribution in [0.5, 0.6) is 0 Å². The molecule has 1 aliphatic heterocycles. The van der Waals surface area contributed by atoms with Gasteiger partial charge < -0.3 is 9.15 Å². The standard InChI is InChI=1S/C24H22ClN3O4S/c25-16-6-7-19-21(14-16)33-24(26-19)28(9-3-8-27-10-12-31-13-11-27)23(30)18-15-32-20-5-2-1-4-17(20)22(18)29/h1-2,4-7,14-15H,3,8-13H2. The SMILES string of the molecule is O=C(c1coc2ccccc2c1=O)N(CCCN1CCOCC1)c1nc2ccc(Cl)cc2s1. The first-order valence-electron chi connectivity index (χ1n) is 10.8. The quantitative estimate of drug-likeness (QED) is 0.404. The highest BCUT2D eigenvalue weighted by molar-refractivity contribution is 7.22. The van der Waals surface area contributed by atoms with Gasteiger partial charge in [-0.25, -0.2) is 4.98 Å². The molecule has 3 heterocycles. The molecule has 0 N–H and O–H groups in total. The van der Waals surface area contributed by atoms with Crippen LogP contribution in [0.2, 0.25) is 5.02 Å². The number of nitrogens with zero attached hydrogens (tertiary/aromatic N) is 3. The van der Waals surface area contributed by atoms with Gasteiger partial charge in [0.2, 0.25) is 5.43 Å². The molecule has 1 aliphatic rings. The summed E-state index contributed by atoms with van der Waals surface area (Å²) in [6, 6.07) is 12.4. The first-order valence-corrected chi connectivity index (χ1v) is 12.0. The van der Waals surface area contributed by atoms with Gasteiger partial charge in [0.25, 0.3) is 5.91 Å². The van der Waals surface area contributed by atoms with E-state index in [9.17, 15) is 9.59 Å². The first kappa shape index (κ1) is 22.0. The molecule has 0 radical (unpaired) electrons. The molecule has 1 saturated heterocycles. The van der Waals surface area contributed by atoms with Gasteiger partial charge in [-0.05, 0) is 36.8 Å². The van der Waals surface area contributed by atoms with E-state index in [1.54, 1.807) is 35.2 Å². The van der Waals surface area contributed by atoms with Crippen LogP contribution in [-0.4, -0.2) is 55.2 Å². The van der Waals surface area contributed by atoms with Crippen molar-refractivity contribution in [3.8, 4) is 0 Å². The molecule has 4 aromatic rings. The molecule has 7 nitrogen and oxygen atoms in total. The Morgan fingerprint density at radius 1 is 1.18 bits per heavy atom. The summed E-state index contributed by atoms with van der Waals surface area (Å²) in [4.78, 5) is 35.2. The zero-order valence-electron chi connectivity index (χ0n) is 17.8. The topological polar surface area (TPSA) is 75.9 Å². The molecule has 1 fully saturated rings. The third-order valence-corrected chi connectivity index (χ3v) is 6.96. The van der Waals surface area contributed by atoms with Crippen LogP contribution in [-0.2, 0) is 4.74 Å². The summed E-state index contributed by atoms with van der Waals surface area (Å²) >= 11 is 7.52. The van der Waals surface area contributed by atoms with E-state index in [0.717, 1.165) is 49.5 Å². The van der Waals surface area contributed by atoms with Crippen molar-refractivity contribution in [1.82, 2.24) is 9.88 Å². The fourth-order valence-corrected chi connectivity index (χ4v) is 5.20. The van der Waals surface area contributed by atoms with Crippen LogP contribution >= 0.6 is 22.9 Å². The Morgan fingerprint density at radius 3 is 2.85 bits per heavy atom. The molecular formula is C24H22ClN3O4S. The number of ether oxygens (including phenoxy) is 1. The van der Waals surface area contributed by atoms with Crippen molar-refractivity contribution in [2.24, 2.45) is 0 Å². The van der Waals surface area contributed by atoms with Crippen molar-refractivity contribution >= 4 is 55.2 Å². The van der Waals surface area contributed by atoms with Crippen molar-refractivity contribution in [3.05, 3.63) is 69.5 Å². The number of para-hydroxylation sites is 1. The number of hydrogen-bond donors (Lipinski definition) is 0. The maximum absolute atomic E-state index is 13.6. The van der Waals surface area contributed by atoms with Gasteiger partial charge in [0.05, 0.1) is 28.8 Å². The molecule has 0 aliphatic carbocycles. The van der Waals surface area contributed by atoms with Crippen LogP contribution in [0, 0.1) is 0 Å². The summed E-state index contributed by atoms with van der Waals surface area (Å²) in [7, 11) is 0. The third-order valence-electron chi connectivity index (χ3n) is 5.69. The maximum atomic E-state index is 13.6. The number of benzene rings is 2. The number of rotatable bonds is 6. The number of anilines is 1. The Hall–Kier alpha value is -2.78. The minimum Gasteiger partial charge on any atom is -0.463 e. The number of fused-ring (bicyclic) bond motifs is 2. The summed E-state index contributed by atoms with van der Waals surface area (Å²) < 4.78 is 11.9. The van der Waals surface area contributed by atoms with E-state index in [0.29, 0.717) is 27.7 Å². The van der Waals surface area contributed by atoms with Crippen molar-refractivity contribution in [3.63, 3.8) is 0 Å². The Labute approximate surface area is 199 Å². The van der Waals surface area contributed by atoms with Gasteiger partial charge in [-0.15, -0.1) is 0 Å². The van der Waals surface area contributed by atoms with Crippen LogP contribution in [0.15, 0.2) is 57.9 Å². The maximum Gasteiger partial charge on any atom is 0.267 e. The van der Waals surface area contributed by atoms with Gasteiger partial charge in [0.15, 0.2) is 5.13 Å². The van der Waals surface area contributed by atoms with Gasteiger partial charge in [-0.1, -0.05) is 35.1 Å². The Bertz CT molecular complexity index is 1360. The molecule has 33 heavy (non-hydrogen) atoms. The van der Waals surface area contributed by atoms with Crippen LogP contribution < -0.4 is 10.3 Å². The molecule has 9 heteroatoms. The number of morpholine rings is 1. The van der Waals surface area contributed by atoms with E-state index in [4.69, 9.17) is 20.8 Å². The zero-order chi connectivity index (χ0) is 22.8. The van der Waals surface area contributed by atoms with E-state index in [2.05, 4.69) is 9.88 Å². The monoisotopic (exact) mass is 483 g/mol. The smallest absolute Gasteiger partial charge is 0.267 e. The molecule has 2 aromatic carbocycles. The number of amides is 1. The zero-order valence-corrected chi connectivity index (χ0v) is 19.4. The predicted molar refractivity (Wildman–Crippen MR) is 131 cm³/mol. The summed E-state index contributed by atoms with van der Waals surface area (Å²) in [6.45, 7) is 4.45. The first-order chi connectivity index (χ1) is 16.1. The van der Waals surface area contributed by atoms with Crippen LogP contribution in [0.25, 0.3) is 21.2 Å². The second-order valence-electron chi connectivity index (χ2n) is 7.85. The van der Waals surface area contributed by atoms with Crippen molar-refractivity contribution in [1.29, 1.82) is 0 Å². The highest BCUT2D eigenvalue weighted by Gasteiger charge is 2.25. The predicted octanol–water partition coefficient (Wildman–Crippen LogP) is 4.43. The Balaban J connectivity index is 1.47. The lowest BCUT2D eigenvalue weighted by molar-refractivity contribution is 0.0376. The average Bonchev–Trinajstić information content (AvgIpc) is 3.25. The second-order valence-corrected chi connectivity index (χ2v) is 9.29. The molecule has 2 aromatic heterocycles. The van der Waals surface area contributed by atoms with E-state index in [1.165, 1.54) is 17.6 Å². The molecule has 0 saturated carbocycles. The lowest BCUT2D eigenvalue weighted by atomic mass is 10.1. The van der Waals surface area contributed by atoms with Crippen molar-refractivity contribution in [2.75, 3.05) is 44.3 Å². The lowest BCUT2D eigenvalue weighted by Gasteiger charge is -2.27. The molecule has 5 rings (SSSR count). The fraction of sp³-hybridized carbons (Fsp3) is 0.292. The molecular weight excluding hydrogens is 462 g/mol. The molecule has 1 amide bonds. The van der Waals surface area contributed by atoms with Crippen molar-refractivity contribution in [2.45, 2.75) is 6.42 Å². The minimum absolute atomic E-state index is 0.00244. The van der Waals surface area contributed by atoms with Crippen molar-refractivity contribution < 1.29 is 13.9 Å². The normalized spacial score (nSPS) is 14.7. The van der Waals surface area contributed by atoms with Crippen LogP contribution in [0.4, 0.5) is 5.13 Å². The van der Waals surface area contributed by atoms with Gasteiger partial charge in [0, 0.05) is 31.2 Å². The highest BCUT2D eigenvalue weighted by Crippen LogP contribution is 2.31. The van der Waals surface area contributed by atoms with E-state index < -0.39 is 5.91 Å². The van der Waals surface area contributed by atoms with Gasteiger partial charge in [-0.2, -0.15) is 0 Å². The molecule has 0 spiro atoms. The van der Waals surface area contributed by atoms with E-state index in [1.807, 2.05) is 12.1 Å². The number of halogens is 1. The van der Waals surface area contributed by atoms with Crippen LogP contribution in [0.1, 0.15) is 16.8 Å². The molecule has 0 bridgehead atoms. The number of carbonyl (C=O) groups excluding carboxylic acids is 1. The van der Waals surface area contributed by atoms with E-state index >= 15 is 0 Å². The fourth-order valence-electron chi connectivity index (χ4n) is 3.93. The van der Waals surface area contributed by atoms with Gasteiger partial charge in [0.1, 0.15) is 17.4 Å². The van der Waals surface area contributed by atoms with Gasteiger partial charge >= 0.3 is 0 Å². The Morgan fingerprint density at radius 2 is 2.00 bits per heavy atom.